The van der Waals surface area contributed by atoms with Gasteiger partial charge in [0.15, 0.2) is 0 Å². The molecule has 2 heterocycles. The average Bonchev–Trinajstić information content (AvgIpc) is 3.16. The van der Waals surface area contributed by atoms with Crippen molar-refractivity contribution >= 4 is 35.0 Å². The minimum Gasteiger partial charge on any atom is -0.416 e. The molecule has 0 spiro atoms. The molecule has 1 aliphatic heterocycles. The molecule has 1 N–H and O–H groups in total. The summed E-state index contributed by atoms with van der Waals surface area (Å²) in [7, 11) is 0. The molecule has 1 aromatic heterocycles. The summed E-state index contributed by atoms with van der Waals surface area (Å²) < 4.78 is 5.73. The minimum atomic E-state index is -1.02. The number of anilines is 2. The molecule has 1 aliphatic rings. The van der Waals surface area contributed by atoms with Gasteiger partial charge in [-0.05, 0) is 38.5 Å². The monoisotopic (exact) mass is 422 g/mol. The normalized spacial score (nSPS) is 16.0. The van der Waals surface area contributed by atoms with Gasteiger partial charge >= 0.3 is 0 Å². The fourth-order valence-corrected chi connectivity index (χ4v) is 4.10. The van der Waals surface area contributed by atoms with E-state index in [0.717, 1.165) is 5.56 Å². The van der Waals surface area contributed by atoms with Gasteiger partial charge in [0.05, 0.1) is 23.0 Å². The molecule has 0 fully saturated rings. The fourth-order valence-electron chi connectivity index (χ4n) is 3.36. The quantitative estimate of drug-likeness (QED) is 0.627. The first-order valence-electron chi connectivity index (χ1n) is 9.64. The van der Waals surface area contributed by atoms with E-state index in [9.17, 15) is 9.59 Å². The molecule has 0 bridgehead atoms. The molecule has 3 aromatic rings. The molecule has 0 aliphatic carbocycles. The Morgan fingerprint density at radius 3 is 2.60 bits per heavy atom. The van der Waals surface area contributed by atoms with Crippen molar-refractivity contribution < 1.29 is 14.0 Å². The number of para-hydroxylation sites is 2. The third-order valence-corrected chi connectivity index (χ3v) is 5.92. The Morgan fingerprint density at radius 2 is 1.83 bits per heavy atom. The van der Waals surface area contributed by atoms with Crippen molar-refractivity contribution in [1.82, 2.24) is 10.2 Å². The third kappa shape index (κ3) is 3.82. The number of fused-ring (bicyclic) bond motifs is 1. The fraction of sp³-hybridized carbons (Fsp3) is 0.273. The van der Waals surface area contributed by atoms with Gasteiger partial charge in [-0.1, -0.05) is 54.2 Å². The van der Waals surface area contributed by atoms with Crippen LogP contribution in [0.1, 0.15) is 32.2 Å². The lowest BCUT2D eigenvalue weighted by molar-refractivity contribution is -0.126. The second-order valence-corrected chi connectivity index (χ2v) is 8.88. The van der Waals surface area contributed by atoms with Gasteiger partial charge in [-0.15, -0.1) is 10.2 Å². The molecule has 0 saturated heterocycles. The topological polar surface area (TPSA) is 88.3 Å². The number of aromatic nitrogens is 2. The maximum absolute atomic E-state index is 13.4. The SMILES string of the molecule is C[C@@H](Sc1nnc(Cc2ccccc2)o1)C(=O)N1c2ccccc2NC(=O)C1(C)C. The lowest BCUT2D eigenvalue weighted by Crippen LogP contribution is -2.60. The lowest BCUT2D eigenvalue weighted by Gasteiger charge is -2.42. The Balaban J connectivity index is 1.52. The molecule has 7 nitrogen and oxygen atoms in total. The summed E-state index contributed by atoms with van der Waals surface area (Å²) >= 11 is 1.19. The van der Waals surface area contributed by atoms with Gasteiger partial charge in [0.1, 0.15) is 5.54 Å². The van der Waals surface area contributed by atoms with Crippen LogP contribution >= 0.6 is 11.8 Å². The summed E-state index contributed by atoms with van der Waals surface area (Å²) in [6.07, 6.45) is 0.531. The molecule has 4 rings (SSSR count). The number of nitrogens with zero attached hydrogens (tertiary/aromatic N) is 3. The van der Waals surface area contributed by atoms with Crippen molar-refractivity contribution in [2.24, 2.45) is 0 Å². The molecule has 0 unspecified atom stereocenters. The molecule has 0 saturated carbocycles. The zero-order valence-corrected chi connectivity index (χ0v) is 17.8. The first-order chi connectivity index (χ1) is 14.4. The van der Waals surface area contributed by atoms with Crippen LogP contribution in [0.15, 0.2) is 64.2 Å². The van der Waals surface area contributed by atoms with E-state index < -0.39 is 10.8 Å². The molecule has 154 valence electrons. The second-order valence-electron chi connectivity index (χ2n) is 7.59. The molecule has 0 radical (unpaired) electrons. The number of nitrogens with one attached hydrogen (secondary N) is 1. The van der Waals surface area contributed by atoms with Crippen LogP contribution in [-0.4, -0.2) is 32.8 Å². The summed E-state index contributed by atoms with van der Waals surface area (Å²) in [5.41, 5.74) is 1.35. The Labute approximate surface area is 178 Å². The lowest BCUT2D eigenvalue weighted by atomic mass is 9.96. The van der Waals surface area contributed by atoms with E-state index in [2.05, 4.69) is 15.5 Å². The third-order valence-electron chi connectivity index (χ3n) is 5.00. The van der Waals surface area contributed by atoms with Crippen molar-refractivity contribution in [2.75, 3.05) is 10.2 Å². The predicted octanol–water partition coefficient (Wildman–Crippen LogP) is 3.90. The van der Waals surface area contributed by atoms with Crippen molar-refractivity contribution in [3.8, 4) is 0 Å². The largest absolute Gasteiger partial charge is 0.416 e. The highest BCUT2D eigenvalue weighted by Crippen LogP contribution is 2.38. The summed E-state index contributed by atoms with van der Waals surface area (Å²) in [5.74, 6) is 0.0659. The van der Waals surface area contributed by atoms with Crippen LogP contribution in [0, 0.1) is 0 Å². The molecule has 8 heteroatoms. The first kappa shape index (κ1) is 20.2. The Morgan fingerprint density at radius 1 is 1.13 bits per heavy atom. The molecular formula is C22H22N4O3S. The highest BCUT2D eigenvalue weighted by Gasteiger charge is 2.45. The first-order valence-corrected chi connectivity index (χ1v) is 10.5. The highest BCUT2D eigenvalue weighted by atomic mass is 32.2. The number of carbonyl (C=O) groups is 2. The van der Waals surface area contributed by atoms with E-state index in [1.54, 1.807) is 31.7 Å². The number of carbonyl (C=O) groups excluding carboxylic acids is 2. The van der Waals surface area contributed by atoms with Crippen molar-refractivity contribution in [1.29, 1.82) is 0 Å². The van der Waals surface area contributed by atoms with Gasteiger partial charge in [-0.3, -0.25) is 14.5 Å². The Hall–Kier alpha value is -3.13. The van der Waals surface area contributed by atoms with Crippen molar-refractivity contribution in [3.63, 3.8) is 0 Å². The molecule has 1 atom stereocenters. The number of hydrogen-bond acceptors (Lipinski definition) is 6. The van der Waals surface area contributed by atoms with Gasteiger partial charge in [0, 0.05) is 0 Å². The number of thioether (sulfide) groups is 1. The average molecular weight is 423 g/mol. The van der Waals surface area contributed by atoms with Crippen molar-refractivity contribution in [2.45, 2.75) is 43.2 Å². The Kier molecular flexibility index (Phi) is 5.34. The standard InChI is InChI=1S/C22H22N4O3S/c1-14(30-21-25-24-18(29-21)13-15-9-5-4-6-10-15)19(27)26-17-12-8-7-11-16(17)23-20(28)22(26,2)3/h4-12,14H,13H2,1-3H3,(H,23,28)/t14-/m1/s1. The molecule has 30 heavy (non-hydrogen) atoms. The zero-order chi connectivity index (χ0) is 21.3. The maximum atomic E-state index is 13.4. The van der Waals surface area contributed by atoms with E-state index in [-0.39, 0.29) is 11.8 Å². The molecular weight excluding hydrogens is 400 g/mol. The van der Waals surface area contributed by atoms with Crippen LogP contribution in [-0.2, 0) is 16.0 Å². The van der Waals surface area contributed by atoms with Crippen LogP contribution in [0.3, 0.4) is 0 Å². The summed E-state index contributed by atoms with van der Waals surface area (Å²) in [4.78, 5) is 27.5. The van der Waals surface area contributed by atoms with E-state index in [1.165, 1.54) is 11.8 Å². The molecule has 2 amide bonds. The number of hydrogen-bond donors (Lipinski definition) is 1. The second kappa shape index (κ2) is 7.95. The minimum absolute atomic E-state index is 0.199. The summed E-state index contributed by atoms with van der Waals surface area (Å²) in [6, 6.07) is 17.1. The highest BCUT2D eigenvalue weighted by molar-refractivity contribution is 8.00. The predicted molar refractivity (Wildman–Crippen MR) is 116 cm³/mol. The summed E-state index contributed by atoms with van der Waals surface area (Å²) in [5, 5.41) is 10.8. The van der Waals surface area contributed by atoms with E-state index in [4.69, 9.17) is 4.42 Å². The van der Waals surface area contributed by atoms with Gasteiger partial charge in [-0.2, -0.15) is 0 Å². The molecule has 2 aromatic carbocycles. The van der Waals surface area contributed by atoms with Crippen LogP contribution in [0.2, 0.25) is 0 Å². The Bertz CT molecular complexity index is 1080. The zero-order valence-electron chi connectivity index (χ0n) is 17.0. The number of benzene rings is 2. The van der Waals surface area contributed by atoms with Gasteiger partial charge in [0.25, 0.3) is 5.22 Å². The smallest absolute Gasteiger partial charge is 0.277 e. The van der Waals surface area contributed by atoms with Crippen LogP contribution < -0.4 is 10.2 Å². The van der Waals surface area contributed by atoms with Crippen molar-refractivity contribution in [3.05, 3.63) is 66.1 Å². The van der Waals surface area contributed by atoms with Crippen LogP contribution in [0.25, 0.3) is 0 Å². The number of amides is 2. The van der Waals surface area contributed by atoms with Gasteiger partial charge < -0.3 is 9.73 Å². The van der Waals surface area contributed by atoms with Gasteiger partial charge in [-0.25, -0.2) is 0 Å². The van der Waals surface area contributed by atoms with E-state index in [1.807, 2.05) is 48.5 Å². The summed E-state index contributed by atoms with van der Waals surface area (Å²) in [6.45, 7) is 5.25. The van der Waals surface area contributed by atoms with E-state index >= 15 is 0 Å². The van der Waals surface area contributed by atoms with E-state index in [0.29, 0.717) is 28.9 Å². The van der Waals surface area contributed by atoms with Gasteiger partial charge in [0.2, 0.25) is 17.7 Å². The van der Waals surface area contributed by atoms with Crippen LogP contribution in [0.5, 0.6) is 0 Å². The number of rotatable bonds is 5. The maximum Gasteiger partial charge on any atom is 0.277 e. The van der Waals surface area contributed by atoms with Crippen LogP contribution in [0.4, 0.5) is 11.4 Å².